The molecule has 14 heavy (non-hydrogen) atoms. The summed E-state index contributed by atoms with van der Waals surface area (Å²) in [5, 5.41) is 0. The maximum absolute atomic E-state index is 2.68. The molecule has 1 aliphatic heterocycles. The van der Waals surface area contributed by atoms with Crippen LogP contribution in [0.2, 0.25) is 0 Å². The van der Waals surface area contributed by atoms with Crippen LogP contribution >= 0.6 is 0 Å². The second-order valence-corrected chi connectivity index (χ2v) is 4.70. The van der Waals surface area contributed by atoms with Crippen molar-refractivity contribution >= 4 is 0 Å². The van der Waals surface area contributed by atoms with Gasteiger partial charge in [-0.3, -0.25) is 0 Å². The van der Waals surface area contributed by atoms with Crippen molar-refractivity contribution in [2.45, 2.75) is 51.6 Å². The van der Waals surface area contributed by atoms with Crippen LogP contribution in [0.1, 0.15) is 39.5 Å². The Kier molecular flexibility index (Phi) is 4.90. The number of hydrogen-bond donors (Lipinski definition) is 0. The molecule has 0 aromatic heterocycles. The minimum absolute atomic E-state index is 0.820. The molecule has 0 aromatic rings. The van der Waals surface area contributed by atoms with E-state index in [2.05, 4.69) is 37.7 Å². The first kappa shape index (κ1) is 12.0. The first-order chi connectivity index (χ1) is 6.69. The maximum Gasteiger partial charge on any atom is 0.0113 e. The highest BCUT2D eigenvalue weighted by molar-refractivity contribution is 4.80. The normalized spacial score (nSPS) is 21.0. The molecule has 0 unspecified atom stereocenters. The predicted octanol–water partition coefficient (Wildman–Crippen LogP) is 2.20. The van der Waals surface area contributed by atoms with Crippen LogP contribution in [0.3, 0.4) is 0 Å². The Labute approximate surface area is 89.3 Å². The standard InChI is InChI=1S/C12H26N2/c1-5-11(6-2)14-9-7-12(8-10-14)13(3)4/h11-12H,5-10H2,1-4H3. The van der Waals surface area contributed by atoms with Gasteiger partial charge in [-0.1, -0.05) is 13.8 Å². The molecule has 0 aliphatic carbocycles. The lowest BCUT2D eigenvalue weighted by atomic mass is 10.0. The Morgan fingerprint density at radius 3 is 2.00 bits per heavy atom. The summed E-state index contributed by atoms with van der Waals surface area (Å²) in [6.07, 6.45) is 5.32. The minimum Gasteiger partial charge on any atom is -0.306 e. The maximum atomic E-state index is 2.68. The number of rotatable bonds is 4. The predicted molar refractivity (Wildman–Crippen MR) is 62.7 cm³/mol. The molecule has 1 saturated heterocycles. The van der Waals surface area contributed by atoms with Crippen molar-refractivity contribution in [3.8, 4) is 0 Å². The fourth-order valence-electron chi connectivity index (χ4n) is 2.57. The Bertz CT molecular complexity index is 144. The summed E-state index contributed by atoms with van der Waals surface area (Å²) in [7, 11) is 4.41. The molecule has 0 N–H and O–H groups in total. The monoisotopic (exact) mass is 198 g/mol. The van der Waals surface area contributed by atoms with E-state index < -0.39 is 0 Å². The minimum atomic E-state index is 0.820. The largest absolute Gasteiger partial charge is 0.306 e. The van der Waals surface area contributed by atoms with Gasteiger partial charge in [0.1, 0.15) is 0 Å². The van der Waals surface area contributed by atoms with Crippen LogP contribution in [0.15, 0.2) is 0 Å². The van der Waals surface area contributed by atoms with Gasteiger partial charge in [0.15, 0.2) is 0 Å². The van der Waals surface area contributed by atoms with E-state index in [1.807, 2.05) is 0 Å². The van der Waals surface area contributed by atoms with Crippen molar-refractivity contribution in [3.05, 3.63) is 0 Å². The number of nitrogens with zero attached hydrogens (tertiary/aromatic N) is 2. The highest BCUT2D eigenvalue weighted by atomic mass is 15.2. The van der Waals surface area contributed by atoms with E-state index in [1.165, 1.54) is 38.8 Å². The molecule has 0 spiro atoms. The van der Waals surface area contributed by atoms with Crippen LogP contribution in [-0.4, -0.2) is 49.1 Å². The van der Waals surface area contributed by atoms with Crippen molar-refractivity contribution in [3.63, 3.8) is 0 Å². The highest BCUT2D eigenvalue weighted by Crippen LogP contribution is 2.18. The van der Waals surface area contributed by atoms with Gasteiger partial charge >= 0.3 is 0 Å². The van der Waals surface area contributed by atoms with Crippen molar-refractivity contribution in [2.75, 3.05) is 27.2 Å². The van der Waals surface area contributed by atoms with Crippen LogP contribution in [0.4, 0.5) is 0 Å². The summed E-state index contributed by atoms with van der Waals surface area (Å²) in [4.78, 5) is 5.06. The average Bonchev–Trinajstić information content (AvgIpc) is 2.20. The summed E-state index contributed by atoms with van der Waals surface area (Å²) in [5.41, 5.74) is 0. The van der Waals surface area contributed by atoms with Gasteiger partial charge in [0.25, 0.3) is 0 Å². The second-order valence-electron chi connectivity index (χ2n) is 4.70. The van der Waals surface area contributed by atoms with Gasteiger partial charge in [0.2, 0.25) is 0 Å². The van der Waals surface area contributed by atoms with Crippen molar-refractivity contribution in [1.82, 2.24) is 9.80 Å². The zero-order valence-corrected chi connectivity index (χ0v) is 10.3. The number of piperidine rings is 1. The van der Waals surface area contributed by atoms with Gasteiger partial charge < -0.3 is 9.80 Å². The third-order valence-electron chi connectivity index (χ3n) is 3.69. The average molecular weight is 198 g/mol. The van der Waals surface area contributed by atoms with Gasteiger partial charge in [-0.25, -0.2) is 0 Å². The van der Waals surface area contributed by atoms with E-state index in [9.17, 15) is 0 Å². The van der Waals surface area contributed by atoms with Crippen molar-refractivity contribution in [2.24, 2.45) is 0 Å². The molecule has 0 aromatic carbocycles. The molecule has 1 fully saturated rings. The van der Waals surface area contributed by atoms with Crippen molar-refractivity contribution < 1.29 is 0 Å². The lowest BCUT2D eigenvalue weighted by Crippen LogP contribution is -2.45. The lowest BCUT2D eigenvalue weighted by molar-refractivity contribution is 0.104. The SMILES string of the molecule is CCC(CC)N1CCC(N(C)C)CC1. The van der Waals surface area contributed by atoms with Gasteiger partial charge in [-0.2, -0.15) is 0 Å². The van der Waals surface area contributed by atoms with E-state index >= 15 is 0 Å². The topological polar surface area (TPSA) is 6.48 Å². The number of likely N-dealkylation sites (tertiary alicyclic amines) is 1. The first-order valence-corrected chi connectivity index (χ1v) is 6.09. The van der Waals surface area contributed by atoms with Crippen LogP contribution in [0.5, 0.6) is 0 Å². The third kappa shape index (κ3) is 2.96. The molecule has 84 valence electrons. The molecule has 2 nitrogen and oxygen atoms in total. The Balaban J connectivity index is 2.34. The fourth-order valence-corrected chi connectivity index (χ4v) is 2.57. The lowest BCUT2D eigenvalue weighted by Gasteiger charge is -2.39. The first-order valence-electron chi connectivity index (χ1n) is 6.09. The Hall–Kier alpha value is -0.0800. The zero-order chi connectivity index (χ0) is 10.6. The molecular weight excluding hydrogens is 172 g/mol. The van der Waals surface area contributed by atoms with E-state index in [4.69, 9.17) is 0 Å². The van der Waals surface area contributed by atoms with Gasteiger partial charge in [-0.15, -0.1) is 0 Å². The third-order valence-corrected chi connectivity index (χ3v) is 3.69. The van der Waals surface area contributed by atoms with Gasteiger partial charge in [-0.05, 0) is 52.9 Å². The zero-order valence-electron chi connectivity index (χ0n) is 10.3. The van der Waals surface area contributed by atoms with Crippen LogP contribution in [0.25, 0.3) is 0 Å². The summed E-state index contributed by atoms with van der Waals surface area (Å²) >= 11 is 0. The van der Waals surface area contributed by atoms with Crippen LogP contribution in [0, 0.1) is 0 Å². The molecule has 0 amide bonds. The van der Waals surface area contributed by atoms with Gasteiger partial charge in [0, 0.05) is 12.1 Å². The molecule has 0 atom stereocenters. The molecule has 0 bridgehead atoms. The van der Waals surface area contributed by atoms with Crippen LogP contribution < -0.4 is 0 Å². The molecule has 0 radical (unpaired) electrons. The summed E-state index contributed by atoms with van der Waals surface area (Å²) < 4.78 is 0. The smallest absolute Gasteiger partial charge is 0.0113 e. The van der Waals surface area contributed by atoms with Crippen molar-refractivity contribution in [1.29, 1.82) is 0 Å². The van der Waals surface area contributed by atoms with Crippen LogP contribution in [-0.2, 0) is 0 Å². The van der Waals surface area contributed by atoms with E-state index in [0.717, 1.165) is 12.1 Å². The summed E-state index contributed by atoms with van der Waals surface area (Å²) in [5.74, 6) is 0. The second kappa shape index (κ2) is 5.72. The van der Waals surface area contributed by atoms with Gasteiger partial charge in [0.05, 0.1) is 0 Å². The fraction of sp³-hybridized carbons (Fsp3) is 1.00. The Morgan fingerprint density at radius 2 is 1.64 bits per heavy atom. The molecule has 1 heterocycles. The van der Waals surface area contributed by atoms with E-state index in [-0.39, 0.29) is 0 Å². The highest BCUT2D eigenvalue weighted by Gasteiger charge is 2.23. The molecular formula is C12H26N2. The molecule has 1 rings (SSSR count). The number of hydrogen-bond acceptors (Lipinski definition) is 2. The molecule has 0 saturated carbocycles. The quantitative estimate of drug-likeness (QED) is 0.683. The Morgan fingerprint density at radius 1 is 1.14 bits per heavy atom. The summed E-state index contributed by atoms with van der Waals surface area (Å²) in [6.45, 7) is 7.22. The molecule has 1 aliphatic rings. The van der Waals surface area contributed by atoms with E-state index in [1.54, 1.807) is 0 Å². The summed E-state index contributed by atoms with van der Waals surface area (Å²) in [6, 6.07) is 1.65. The van der Waals surface area contributed by atoms with E-state index in [0.29, 0.717) is 0 Å². The molecule has 2 heteroatoms.